The monoisotopic (exact) mass is 753 g/mol. The van der Waals surface area contributed by atoms with Crippen LogP contribution >= 0.6 is 0 Å². The topological polar surface area (TPSA) is 303 Å². The molecular formula is C29H21N8O11S3+. The van der Waals surface area contributed by atoms with Gasteiger partial charge in [0.15, 0.2) is 0 Å². The van der Waals surface area contributed by atoms with Crippen LogP contribution in [0, 0.1) is 0 Å². The largest absolute Gasteiger partial charge is 0.478 e. The minimum absolute atomic E-state index is 0.00788. The molecule has 0 saturated heterocycles. The number of aromatic carboxylic acids is 1. The predicted octanol–water partition coefficient (Wildman–Crippen LogP) is 3.38. The number of hydrogen-bond acceptors (Lipinski definition) is 15. The van der Waals surface area contributed by atoms with Crippen LogP contribution in [0.3, 0.4) is 0 Å². The fourth-order valence-corrected chi connectivity index (χ4v) is 6.22. The Hall–Kier alpha value is -6.33. The summed E-state index contributed by atoms with van der Waals surface area (Å²) in [6.45, 7) is 0. The van der Waals surface area contributed by atoms with Gasteiger partial charge < -0.3 is 16.2 Å². The average molecular weight is 754 g/mol. The van der Waals surface area contributed by atoms with Gasteiger partial charge in [0.1, 0.15) is 9.79 Å². The highest BCUT2D eigenvalue weighted by atomic mass is 32.2. The first-order valence-corrected chi connectivity index (χ1v) is 17.6. The molecule has 6 rings (SSSR count). The van der Waals surface area contributed by atoms with Gasteiger partial charge in [-0.25, -0.2) is 9.36 Å². The number of anilines is 3. The number of benzene rings is 4. The molecule has 2 aromatic heterocycles. The van der Waals surface area contributed by atoms with Crippen LogP contribution in [0.1, 0.15) is 10.4 Å². The zero-order valence-corrected chi connectivity index (χ0v) is 27.7. The van der Waals surface area contributed by atoms with Crippen molar-refractivity contribution in [2.45, 2.75) is 9.79 Å². The van der Waals surface area contributed by atoms with E-state index < -0.39 is 46.6 Å². The highest BCUT2D eigenvalue weighted by Crippen LogP contribution is 2.36. The van der Waals surface area contributed by atoms with Crippen LogP contribution in [-0.4, -0.2) is 64.6 Å². The van der Waals surface area contributed by atoms with Gasteiger partial charge in [-0.2, -0.15) is 21.9 Å². The summed E-state index contributed by atoms with van der Waals surface area (Å²) in [4.78, 5) is 22.8. The van der Waals surface area contributed by atoms with Gasteiger partial charge in [-0.15, -0.1) is 22.7 Å². The fraction of sp³-hybridized carbons (Fsp3) is 0. The van der Waals surface area contributed by atoms with E-state index in [1.165, 1.54) is 41.1 Å². The number of nitrogens with two attached hydrogens (primary N) is 1. The second-order valence-electron chi connectivity index (χ2n) is 10.1. The quantitative estimate of drug-likeness (QED) is 0.0845. The lowest BCUT2D eigenvalue weighted by Gasteiger charge is -2.10. The molecule has 0 amide bonds. The van der Waals surface area contributed by atoms with Crippen LogP contribution < -0.4 is 15.6 Å². The molecule has 0 aliphatic carbocycles. The van der Waals surface area contributed by atoms with Crippen molar-refractivity contribution in [3.63, 3.8) is 0 Å². The third-order valence-electron chi connectivity index (χ3n) is 6.80. The molecule has 0 radical (unpaired) electrons. The maximum Gasteiger partial charge on any atom is 0.444 e. The lowest BCUT2D eigenvalue weighted by Crippen LogP contribution is -2.34. The molecule has 22 heteroatoms. The Morgan fingerprint density at radius 3 is 2.10 bits per heavy atom. The minimum atomic E-state index is -4.84. The van der Waals surface area contributed by atoms with E-state index in [0.29, 0.717) is 22.1 Å². The second-order valence-corrected chi connectivity index (χ2v) is 13.3. The molecule has 4 aromatic carbocycles. The van der Waals surface area contributed by atoms with E-state index in [-0.39, 0.29) is 39.9 Å². The van der Waals surface area contributed by atoms with Crippen molar-refractivity contribution in [2.24, 2.45) is 10.2 Å². The van der Waals surface area contributed by atoms with E-state index in [1.807, 2.05) is 0 Å². The standard InChI is InChI=1S/C29H20N8O8S2.O3S/c30-27-32-28(34-29(33-27)37-12-4-5-16(15-37)26(38)39)31-22-10-11-23(19-7-2-1-6-18(19)22)36-35-17-13-21-20(25(14-17)47(43,44)45)8-3-9-24(21)46(40,41)42;1-4(2)3/h1-15H,(H5-,30,31,32,33,34,35,38,39,40,41,42,43,44,45);/p+1. The fourth-order valence-electron chi connectivity index (χ4n) is 4.80. The Morgan fingerprint density at radius 2 is 1.43 bits per heavy atom. The summed E-state index contributed by atoms with van der Waals surface area (Å²) in [6, 6.07) is 19.1. The zero-order valence-electron chi connectivity index (χ0n) is 25.3. The van der Waals surface area contributed by atoms with Crippen molar-refractivity contribution >= 4 is 87.3 Å². The van der Waals surface area contributed by atoms with Gasteiger partial charge in [0.25, 0.3) is 20.2 Å². The van der Waals surface area contributed by atoms with Crippen LogP contribution in [0.2, 0.25) is 0 Å². The van der Waals surface area contributed by atoms with E-state index in [1.54, 1.807) is 42.6 Å². The minimum Gasteiger partial charge on any atom is -0.478 e. The molecule has 6 N–H and O–H groups in total. The van der Waals surface area contributed by atoms with Gasteiger partial charge in [-0.1, -0.05) is 36.4 Å². The van der Waals surface area contributed by atoms with Crippen LogP contribution in [0.4, 0.5) is 29.0 Å². The van der Waals surface area contributed by atoms with Crippen LogP contribution in [-0.2, 0) is 30.8 Å². The van der Waals surface area contributed by atoms with E-state index in [4.69, 9.17) is 18.4 Å². The van der Waals surface area contributed by atoms with Gasteiger partial charge in [-0.05, 0) is 52.4 Å². The molecule has 0 fully saturated rings. The average Bonchev–Trinajstić information content (AvgIpc) is 3.06. The molecule has 0 bridgehead atoms. The summed E-state index contributed by atoms with van der Waals surface area (Å²) < 4.78 is 94.6. The summed E-state index contributed by atoms with van der Waals surface area (Å²) in [5.74, 6) is -1.14. The third kappa shape index (κ3) is 8.46. The van der Waals surface area contributed by atoms with Crippen molar-refractivity contribution < 1.29 is 53.0 Å². The molecule has 0 aliphatic heterocycles. The van der Waals surface area contributed by atoms with E-state index in [9.17, 15) is 35.8 Å². The van der Waals surface area contributed by atoms with Crippen molar-refractivity contribution in [1.82, 2.24) is 15.0 Å². The van der Waals surface area contributed by atoms with Gasteiger partial charge in [0.2, 0.25) is 0 Å². The van der Waals surface area contributed by atoms with E-state index >= 15 is 0 Å². The first-order chi connectivity index (χ1) is 24.0. The first kappa shape index (κ1) is 36.0. The highest BCUT2D eigenvalue weighted by Gasteiger charge is 2.22. The normalized spacial score (nSPS) is 11.6. The molecule has 260 valence electrons. The third-order valence-corrected chi connectivity index (χ3v) is 8.60. The molecule has 19 nitrogen and oxygen atoms in total. The Kier molecular flexibility index (Phi) is 10.1. The Labute approximate surface area is 288 Å². The highest BCUT2D eigenvalue weighted by molar-refractivity contribution is 7.86. The number of carboxylic acids is 1. The first-order valence-electron chi connectivity index (χ1n) is 13.8. The van der Waals surface area contributed by atoms with Gasteiger partial charge in [-0.3, -0.25) is 9.11 Å². The number of nitrogens with one attached hydrogen (secondary N) is 1. The number of rotatable bonds is 8. The number of nitrogen functional groups attached to an aromatic ring is 1. The van der Waals surface area contributed by atoms with E-state index in [0.717, 1.165) is 12.1 Å². The smallest absolute Gasteiger partial charge is 0.444 e. The molecule has 0 spiro atoms. The molecule has 0 saturated carbocycles. The van der Waals surface area contributed by atoms with Crippen molar-refractivity contribution in [3.05, 3.63) is 96.8 Å². The Bertz CT molecular complexity index is 2740. The number of azo groups is 1. The molecule has 2 heterocycles. The Balaban J connectivity index is 0.00000120. The van der Waals surface area contributed by atoms with Crippen LogP contribution in [0.15, 0.2) is 111 Å². The summed E-state index contributed by atoms with van der Waals surface area (Å²) in [7, 11) is -12.7. The SMILES string of the molecule is Nc1nc(Nc2ccc(N=Nc3cc(S(=O)(=O)O)c4cccc(S(=O)(=O)O)c4c3)c3ccccc23)nc(-[n+]2cccc(C(=O)O)c2)n1.O=S(=O)=O. The molecule has 0 atom stereocenters. The lowest BCUT2D eigenvalue weighted by molar-refractivity contribution is -0.603. The van der Waals surface area contributed by atoms with Crippen molar-refractivity contribution in [3.8, 4) is 5.95 Å². The number of fused-ring (bicyclic) bond motifs is 2. The van der Waals surface area contributed by atoms with E-state index in [2.05, 4.69) is 30.5 Å². The Morgan fingerprint density at radius 1 is 0.765 bits per heavy atom. The zero-order chi connectivity index (χ0) is 37.1. The number of hydrogen-bond donors (Lipinski definition) is 5. The maximum atomic E-state index is 12.2. The summed E-state index contributed by atoms with van der Waals surface area (Å²) in [5.41, 5.74) is 6.67. The number of carbonyl (C=O) groups is 1. The number of carboxylic acid groups (broad SMARTS) is 1. The van der Waals surface area contributed by atoms with Crippen LogP contribution in [0.5, 0.6) is 0 Å². The molecule has 0 unspecified atom stereocenters. The number of pyridine rings is 1. The molecular weight excluding hydrogens is 733 g/mol. The van der Waals surface area contributed by atoms with Gasteiger partial charge in [0.05, 0.1) is 35.0 Å². The van der Waals surface area contributed by atoms with Gasteiger partial charge in [0, 0.05) is 21.5 Å². The number of aromatic nitrogens is 4. The van der Waals surface area contributed by atoms with Crippen LogP contribution in [0.25, 0.3) is 27.5 Å². The number of nitrogens with zero attached hydrogens (tertiary/aromatic N) is 6. The second kappa shape index (κ2) is 14.3. The van der Waals surface area contributed by atoms with Crippen molar-refractivity contribution in [1.29, 1.82) is 0 Å². The molecule has 0 aliphatic rings. The predicted molar refractivity (Wildman–Crippen MR) is 177 cm³/mol. The molecule has 51 heavy (non-hydrogen) atoms. The summed E-state index contributed by atoms with van der Waals surface area (Å²) >= 11 is 0. The maximum absolute atomic E-state index is 12.2. The lowest BCUT2D eigenvalue weighted by atomic mass is 10.1. The van der Waals surface area contributed by atoms with Gasteiger partial charge >= 0.3 is 34.4 Å². The van der Waals surface area contributed by atoms with Crippen molar-refractivity contribution in [2.75, 3.05) is 11.1 Å². The molecule has 6 aromatic rings. The summed E-state index contributed by atoms with van der Waals surface area (Å²) in [6.07, 6.45) is 2.88. The summed E-state index contributed by atoms with van der Waals surface area (Å²) in [5, 5.41) is 21.7.